The molecule has 0 amide bonds. The van der Waals surface area contributed by atoms with Gasteiger partial charge in [0.1, 0.15) is 5.75 Å². The summed E-state index contributed by atoms with van der Waals surface area (Å²) in [7, 11) is 0. The first-order valence-electron chi connectivity index (χ1n) is 7.66. The molecule has 2 N–H and O–H groups in total. The Morgan fingerprint density at radius 1 is 1.29 bits per heavy atom. The number of hydrogen-bond donors (Lipinski definition) is 2. The second kappa shape index (κ2) is 9.22. The number of halogens is 2. The number of hydrogen-bond acceptors (Lipinski definition) is 3. The Kier molecular flexibility index (Phi) is 6.99. The van der Waals surface area contributed by atoms with E-state index in [4.69, 9.17) is 0 Å². The van der Waals surface area contributed by atoms with E-state index in [0.717, 1.165) is 11.1 Å². The molecule has 0 aliphatic carbocycles. The van der Waals surface area contributed by atoms with Crippen LogP contribution in [0.4, 0.5) is 8.78 Å². The number of benzene rings is 1. The predicted molar refractivity (Wildman–Crippen MR) is 93.8 cm³/mol. The molecule has 0 atom stereocenters. The Labute approximate surface area is 144 Å². The highest BCUT2D eigenvalue weighted by molar-refractivity contribution is 7.07. The van der Waals surface area contributed by atoms with E-state index < -0.39 is 6.61 Å². The van der Waals surface area contributed by atoms with Gasteiger partial charge in [0.15, 0.2) is 5.96 Å². The molecule has 0 bridgehead atoms. The number of rotatable bonds is 7. The molecule has 24 heavy (non-hydrogen) atoms. The van der Waals surface area contributed by atoms with Gasteiger partial charge >= 0.3 is 6.61 Å². The van der Waals surface area contributed by atoms with Gasteiger partial charge in [-0.2, -0.15) is 20.1 Å². The summed E-state index contributed by atoms with van der Waals surface area (Å²) >= 11 is 1.63. The lowest BCUT2D eigenvalue weighted by atomic mass is 10.1. The summed E-state index contributed by atoms with van der Waals surface area (Å²) in [4.78, 5) is 4.50. The van der Waals surface area contributed by atoms with Crippen molar-refractivity contribution in [1.82, 2.24) is 10.6 Å². The molecular weight excluding hydrogens is 332 g/mol. The van der Waals surface area contributed by atoms with E-state index >= 15 is 0 Å². The summed E-state index contributed by atoms with van der Waals surface area (Å²) in [6.07, 6.45) is 0. The molecule has 1 heterocycles. The maximum absolute atomic E-state index is 12.5. The van der Waals surface area contributed by atoms with E-state index in [1.807, 2.05) is 36.7 Å². The van der Waals surface area contributed by atoms with Crippen molar-refractivity contribution in [3.05, 3.63) is 51.7 Å². The van der Waals surface area contributed by atoms with Gasteiger partial charge in [0, 0.05) is 18.7 Å². The summed E-state index contributed by atoms with van der Waals surface area (Å²) < 4.78 is 29.6. The fourth-order valence-corrected chi connectivity index (χ4v) is 2.79. The van der Waals surface area contributed by atoms with Gasteiger partial charge in [-0.15, -0.1) is 0 Å². The minimum atomic E-state index is -2.84. The lowest BCUT2D eigenvalue weighted by molar-refractivity contribution is -0.0504. The van der Waals surface area contributed by atoms with Crippen LogP contribution in [0.1, 0.15) is 23.6 Å². The maximum Gasteiger partial charge on any atom is 0.387 e. The van der Waals surface area contributed by atoms with Gasteiger partial charge in [0.25, 0.3) is 0 Å². The van der Waals surface area contributed by atoms with Crippen molar-refractivity contribution >= 4 is 17.3 Å². The third-order valence-corrected chi connectivity index (χ3v) is 3.95. The molecule has 0 unspecified atom stereocenters. The average molecular weight is 353 g/mol. The largest absolute Gasteiger partial charge is 0.434 e. The molecule has 1 aromatic carbocycles. The first-order chi connectivity index (χ1) is 11.6. The number of aliphatic imine (C=N–C) groups is 1. The van der Waals surface area contributed by atoms with Crippen LogP contribution < -0.4 is 15.4 Å². The average Bonchev–Trinajstić information content (AvgIpc) is 3.05. The van der Waals surface area contributed by atoms with Crippen LogP contribution in [-0.2, 0) is 13.1 Å². The van der Waals surface area contributed by atoms with Crippen molar-refractivity contribution in [1.29, 1.82) is 0 Å². The molecule has 0 fully saturated rings. The van der Waals surface area contributed by atoms with E-state index in [2.05, 4.69) is 20.4 Å². The molecule has 0 aliphatic rings. The zero-order valence-electron chi connectivity index (χ0n) is 13.7. The van der Waals surface area contributed by atoms with Crippen LogP contribution in [0.5, 0.6) is 5.75 Å². The molecule has 0 saturated heterocycles. The van der Waals surface area contributed by atoms with Crippen LogP contribution in [0.2, 0.25) is 0 Å². The molecular formula is C17H21F2N3OS. The van der Waals surface area contributed by atoms with Crippen molar-refractivity contribution in [3.8, 4) is 5.75 Å². The van der Waals surface area contributed by atoms with Gasteiger partial charge in [-0.25, -0.2) is 4.99 Å². The summed E-state index contributed by atoms with van der Waals surface area (Å²) in [5.41, 5.74) is 2.78. The summed E-state index contributed by atoms with van der Waals surface area (Å²) in [5, 5.41) is 10.4. The molecule has 1 aromatic heterocycles. The van der Waals surface area contributed by atoms with Gasteiger partial charge in [0.05, 0.1) is 6.54 Å². The van der Waals surface area contributed by atoms with Crippen molar-refractivity contribution in [2.24, 2.45) is 4.99 Å². The zero-order chi connectivity index (χ0) is 17.4. The van der Waals surface area contributed by atoms with Gasteiger partial charge in [-0.05, 0) is 42.3 Å². The fourth-order valence-electron chi connectivity index (χ4n) is 2.13. The van der Waals surface area contributed by atoms with E-state index in [-0.39, 0.29) is 5.75 Å². The van der Waals surface area contributed by atoms with Crippen LogP contribution >= 0.6 is 11.3 Å². The van der Waals surface area contributed by atoms with Crippen LogP contribution in [-0.4, -0.2) is 19.1 Å². The molecule has 0 aliphatic heterocycles. The number of alkyl halides is 2. The number of nitrogens with one attached hydrogen (secondary N) is 2. The van der Waals surface area contributed by atoms with Gasteiger partial charge in [-0.1, -0.05) is 17.7 Å². The topological polar surface area (TPSA) is 45.7 Å². The van der Waals surface area contributed by atoms with Crippen molar-refractivity contribution < 1.29 is 13.5 Å². The second-order valence-electron chi connectivity index (χ2n) is 5.17. The van der Waals surface area contributed by atoms with Crippen LogP contribution in [0.15, 0.2) is 40.0 Å². The van der Waals surface area contributed by atoms with Gasteiger partial charge in [-0.3, -0.25) is 0 Å². The number of nitrogens with zero attached hydrogens (tertiary/aromatic N) is 1. The Hall–Kier alpha value is -2.15. The van der Waals surface area contributed by atoms with Gasteiger partial charge < -0.3 is 15.4 Å². The van der Waals surface area contributed by atoms with Gasteiger partial charge in [0.2, 0.25) is 0 Å². The Morgan fingerprint density at radius 3 is 2.79 bits per heavy atom. The third kappa shape index (κ3) is 5.81. The second-order valence-corrected chi connectivity index (χ2v) is 5.95. The van der Waals surface area contributed by atoms with Crippen molar-refractivity contribution in [2.45, 2.75) is 33.5 Å². The quantitative estimate of drug-likeness (QED) is 0.586. The first kappa shape index (κ1) is 18.2. The standard InChI is InChI=1S/C17H21F2N3OS/c1-3-20-17(21-9-13-6-7-24-11-13)22-10-14-8-12(2)4-5-15(14)23-16(18)19/h4-8,11,16H,3,9-10H2,1-2H3,(H2,20,21,22). The van der Waals surface area contributed by atoms with E-state index in [0.29, 0.717) is 31.2 Å². The SMILES string of the molecule is CCNC(=NCc1ccsc1)NCc1cc(C)ccc1OC(F)F. The monoisotopic (exact) mass is 353 g/mol. The summed E-state index contributed by atoms with van der Waals surface area (Å²) in [6.45, 7) is 2.66. The highest BCUT2D eigenvalue weighted by Gasteiger charge is 2.10. The van der Waals surface area contributed by atoms with Crippen molar-refractivity contribution in [3.63, 3.8) is 0 Å². The maximum atomic E-state index is 12.5. The Bertz CT molecular complexity index is 660. The molecule has 4 nitrogen and oxygen atoms in total. The van der Waals surface area contributed by atoms with E-state index in [9.17, 15) is 8.78 Å². The van der Waals surface area contributed by atoms with Crippen LogP contribution in [0, 0.1) is 6.92 Å². The smallest absolute Gasteiger partial charge is 0.387 e. The van der Waals surface area contributed by atoms with Crippen LogP contribution in [0.3, 0.4) is 0 Å². The lowest BCUT2D eigenvalue weighted by Crippen LogP contribution is -2.36. The number of thiophene rings is 1. The molecule has 0 saturated carbocycles. The highest BCUT2D eigenvalue weighted by atomic mass is 32.1. The van der Waals surface area contributed by atoms with Crippen molar-refractivity contribution in [2.75, 3.05) is 6.54 Å². The minimum Gasteiger partial charge on any atom is -0.434 e. The Balaban J connectivity index is 2.05. The molecule has 0 spiro atoms. The number of aryl methyl sites for hydroxylation is 1. The van der Waals surface area contributed by atoms with Crippen LogP contribution in [0.25, 0.3) is 0 Å². The van der Waals surface area contributed by atoms with E-state index in [1.54, 1.807) is 23.5 Å². The van der Waals surface area contributed by atoms with E-state index in [1.165, 1.54) is 0 Å². The zero-order valence-corrected chi connectivity index (χ0v) is 14.5. The molecule has 2 rings (SSSR count). The lowest BCUT2D eigenvalue weighted by Gasteiger charge is -2.15. The Morgan fingerprint density at radius 2 is 2.12 bits per heavy atom. The highest BCUT2D eigenvalue weighted by Crippen LogP contribution is 2.22. The molecule has 7 heteroatoms. The molecule has 130 valence electrons. The normalized spacial score (nSPS) is 11.6. The summed E-state index contributed by atoms with van der Waals surface area (Å²) in [6, 6.07) is 7.16. The fraction of sp³-hybridized carbons (Fsp3) is 0.353. The first-order valence-corrected chi connectivity index (χ1v) is 8.60. The molecule has 0 radical (unpaired) electrons. The molecule has 2 aromatic rings. The number of guanidine groups is 1. The third-order valence-electron chi connectivity index (χ3n) is 3.22. The summed E-state index contributed by atoms with van der Waals surface area (Å²) in [5.74, 6) is 0.810. The number of ether oxygens (including phenoxy) is 1. The predicted octanol–water partition coefficient (Wildman–Crippen LogP) is 3.91. The minimum absolute atomic E-state index is 0.178.